The minimum absolute atomic E-state index is 0.244. The number of furan rings is 1. The zero-order valence-electron chi connectivity index (χ0n) is 11.6. The zero-order valence-corrected chi connectivity index (χ0v) is 12.5. The van der Waals surface area contributed by atoms with Crippen molar-refractivity contribution < 1.29 is 19.1 Å². The lowest BCUT2D eigenvalue weighted by molar-refractivity contribution is -0.148. The highest BCUT2D eigenvalue weighted by Gasteiger charge is 2.46. The van der Waals surface area contributed by atoms with Crippen LogP contribution in [0.4, 0.5) is 0 Å². The predicted octanol–water partition coefficient (Wildman–Crippen LogP) is 2.52. The fourth-order valence-electron chi connectivity index (χ4n) is 2.60. The normalized spacial score (nSPS) is 25.6. The Labute approximate surface area is 122 Å². The topological polar surface area (TPSA) is 79.5 Å². The Morgan fingerprint density at radius 1 is 1.55 bits per heavy atom. The van der Waals surface area contributed by atoms with E-state index < -0.39 is 11.4 Å². The maximum atomic E-state index is 12.1. The van der Waals surface area contributed by atoms with Crippen LogP contribution < -0.4 is 5.32 Å². The molecule has 5 nitrogen and oxygen atoms in total. The van der Waals surface area contributed by atoms with E-state index in [1.807, 2.05) is 6.26 Å². The summed E-state index contributed by atoms with van der Waals surface area (Å²) in [7, 11) is 0. The molecule has 6 heteroatoms. The molecule has 0 aliphatic heterocycles. The van der Waals surface area contributed by atoms with E-state index in [2.05, 4.69) is 5.32 Å². The Hall–Kier alpha value is -1.43. The third kappa shape index (κ3) is 2.85. The summed E-state index contributed by atoms with van der Waals surface area (Å²) >= 11 is 1.61. The number of nitrogens with one attached hydrogen (secondary N) is 1. The van der Waals surface area contributed by atoms with Gasteiger partial charge in [-0.1, -0.05) is 6.42 Å². The molecule has 2 rings (SSSR count). The number of hydrogen-bond acceptors (Lipinski definition) is 4. The second-order valence-corrected chi connectivity index (χ2v) is 6.21. The molecule has 1 aromatic heterocycles. The molecule has 2 atom stereocenters. The van der Waals surface area contributed by atoms with Crippen LogP contribution >= 0.6 is 11.8 Å². The second-order valence-electron chi connectivity index (χ2n) is 5.34. The molecule has 1 amide bonds. The van der Waals surface area contributed by atoms with E-state index in [9.17, 15) is 14.7 Å². The molecular weight excluding hydrogens is 278 g/mol. The van der Waals surface area contributed by atoms with Gasteiger partial charge in [-0.3, -0.25) is 9.59 Å². The van der Waals surface area contributed by atoms with E-state index >= 15 is 0 Å². The number of thioether (sulfide) groups is 1. The van der Waals surface area contributed by atoms with Crippen LogP contribution in [-0.4, -0.2) is 29.3 Å². The molecule has 2 unspecified atom stereocenters. The van der Waals surface area contributed by atoms with Gasteiger partial charge in [-0.05, 0) is 38.2 Å². The first-order valence-corrected chi connectivity index (χ1v) is 7.98. The number of carboxylic acid groups (broad SMARTS) is 1. The molecule has 0 bridgehead atoms. The number of aliphatic carboxylic acids is 1. The molecule has 1 aromatic rings. The van der Waals surface area contributed by atoms with Crippen LogP contribution in [0.3, 0.4) is 0 Å². The van der Waals surface area contributed by atoms with E-state index in [4.69, 9.17) is 4.42 Å². The molecule has 0 radical (unpaired) electrons. The van der Waals surface area contributed by atoms with Gasteiger partial charge in [0.05, 0.1) is 11.2 Å². The second kappa shape index (κ2) is 5.91. The van der Waals surface area contributed by atoms with E-state index in [1.165, 1.54) is 0 Å². The maximum Gasteiger partial charge on any atom is 0.311 e. The maximum absolute atomic E-state index is 12.1. The molecule has 1 aliphatic carbocycles. The van der Waals surface area contributed by atoms with Crippen LogP contribution in [0.1, 0.15) is 42.5 Å². The Morgan fingerprint density at radius 3 is 2.95 bits per heavy atom. The third-order valence-electron chi connectivity index (χ3n) is 3.92. The van der Waals surface area contributed by atoms with Gasteiger partial charge < -0.3 is 14.8 Å². The first-order chi connectivity index (χ1) is 9.47. The van der Waals surface area contributed by atoms with Crippen molar-refractivity contribution in [2.24, 2.45) is 5.41 Å². The third-order valence-corrected chi connectivity index (χ3v) is 4.50. The van der Waals surface area contributed by atoms with Gasteiger partial charge in [0.2, 0.25) is 0 Å². The molecule has 1 aliphatic rings. The molecule has 1 fully saturated rings. The summed E-state index contributed by atoms with van der Waals surface area (Å²) in [6.45, 7) is 1.69. The summed E-state index contributed by atoms with van der Waals surface area (Å²) in [6.07, 6.45) is 4.04. The first-order valence-electron chi connectivity index (χ1n) is 6.59. The molecule has 0 spiro atoms. The molecule has 2 N–H and O–H groups in total. The quantitative estimate of drug-likeness (QED) is 0.873. The SMILES string of the molecule is CSCc1ccc(C(=O)NC2CCCC2(C)C(=O)O)o1. The van der Waals surface area contributed by atoms with Gasteiger partial charge in [0, 0.05) is 6.04 Å². The van der Waals surface area contributed by atoms with E-state index in [0.717, 1.165) is 12.2 Å². The number of amides is 1. The summed E-state index contributed by atoms with van der Waals surface area (Å²) in [4.78, 5) is 23.5. The van der Waals surface area contributed by atoms with Crippen LogP contribution in [0.25, 0.3) is 0 Å². The molecule has 0 aromatic carbocycles. The molecule has 1 saturated carbocycles. The summed E-state index contributed by atoms with van der Waals surface area (Å²) in [6, 6.07) is 3.06. The Kier molecular flexibility index (Phi) is 4.42. The highest BCUT2D eigenvalue weighted by molar-refractivity contribution is 7.97. The molecular formula is C14H19NO4S. The van der Waals surface area contributed by atoms with E-state index in [-0.39, 0.29) is 17.7 Å². The van der Waals surface area contributed by atoms with Gasteiger partial charge >= 0.3 is 5.97 Å². The number of carbonyl (C=O) groups excluding carboxylic acids is 1. The van der Waals surface area contributed by atoms with Gasteiger partial charge in [-0.25, -0.2) is 0 Å². The van der Waals surface area contributed by atoms with Gasteiger partial charge in [0.25, 0.3) is 5.91 Å². The average Bonchev–Trinajstić information content (AvgIpc) is 2.99. The molecule has 110 valence electrons. The van der Waals surface area contributed by atoms with Gasteiger partial charge in [-0.15, -0.1) is 0 Å². The van der Waals surface area contributed by atoms with Crippen LogP contribution in [0, 0.1) is 5.41 Å². The van der Waals surface area contributed by atoms with E-state index in [1.54, 1.807) is 30.8 Å². The smallest absolute Gasteiger partial charge is 0.311 e. The van der Waals surface area contributed by atoms with Crippen LogP contribution in [0.2, 0.25) is 0 Å². The van der Waals surface area contributed by atoms with Crippen molar-refractivity contribution in [1.82, 2.24) is 5.32 Å². The predicted molar refractivity (Wildman–Crippen MR) is 76.8 cm³/mol. The average molecular weight is 297 g/mol. The molecule has 1 heterocycles. The van der Waals surface area contributed by atoms with Gasteiger partial charge in [0.1, 0.15) is 5.76 Å². The van der Waals surface area contributed by atoms with Crippen molar-refractivity contribution in [3.8, 4) is 0 Å². The lowest BCUT2D eigenvalue weighted by Crippen LogP contribution is -2.46. The largest absolute Gasteiger partial charge is 0.481 e. The monoisotopic (exact) mass is 297 g/mol. The summed E-state index contributed by atoms with van der Waals surface area (Å²) in [5.74, 6) is 0.507. The minimum atomic E-state index is -0.885. The Morgan fingerprint density at radius 2 is 2.30 bits per heavy atom. The highest BCUT2D eigenvalue weighted by atomic mass is 32.2. The standard InChI is InChI=1S/C14H19NO4S/c1-14(13(17)18)7-3-4-11(14)15-12(16)10-6-5-9(19-10)8-20-2/h5-6,11H,3-4,7-8H2,1-2H3,(H,15,16)(H,17,18). The van der Waals surface area contributed by atoms with Crippen LogP contribution in [0.15, 0.2) is 16.5 Å². The lowest BCUT2D eigenvalue weighted by Gasteiger charge is -2.27. The summed E-state index contributed by atoms with van der Waals surface area (Å²) < 4.78 is 5.44. The number of carbonyl (C=O) groups is 2. The number of carboxylic acids is 1. The van der Waals surface area contributed by atoms with Crippen molar-refractivity contribution in [3.63, 3.8) is 0 Å². The molecule has 20 heavy (non-hydrogen) atoms. The van der Waals surface area contributed by atoms with Crippen LogP contribution in [-0.2, 0) is 10.5 Å². The number of rotatable bonds is 5. The van der Waals surface area contributed by atoms with Gasteiger partial charge in [0.15, 0.2) is 5.76 Å². The Balaban J connectivity index is 2.05. The molecule has 0 saturated heterocycles. The minimum Gasteiger partial charge on any atom is -0.481 e. The summed E-state index contributed by atoms with van der Waals surface area (Å²) in [5.41, 5.74) is -0.885. The van der Waals surface area contributed by atoms with Crippen molar-refractivity contribution in [3.05, 3.63) is 23.7 Å². The van der Waals surface area contributed by atoms with Crippen LogP contribution in [0.5, 0.6) is 0 Å². The van der Waals surface area contributed by atoms with Crippen molar-refractivity contribution >= 4 is 23.6 Å². The van der Waals surface area contributed by atoms with Crippen molar-refractivity contribution in [2.75, 3.05) is 6.26 Å². The van der Waals surface area contributed by atoms with Gasteiger partial charge in [-0.2, -0.15) is 11.8 Å². The highest BCUT2D eigenvalue weighted by Crippen LogP contribution is 2.38. The zero-order chi connectivity index (χ0) is 14.8. The summed E-state index contributed by atoms with van der Waals surface area (Å²) in [5, 5.41) is 12.1. The fraction of sp³-hybridized carbons (Fsp3) is 0.571. The van der Waals surface area contributed by atoms with Crippen molar-refractivity contribution in [2.45, 2.75) is 38.0 Å². The first kappa shape index (κ1) is 15.0. The fourth-order valence-corrected chi connectivity index (χ4v) is 3.04. The Bertz CT molecular complexity index is 513. The van der Waals surface area contributed by atoms with Crippen molar-refractivity contribution in [1.29, 1.82) is 0 Å². The number of hydrogen-bond donors (Lipinski definition) is 2. The lowest BCUT2D eigenvalue weighted by atomic mass is 9.85. The van der Waals surface area contributed by atoms with E-state index in [0.29, 0.717) is 18.6 Å².